The Morgan fingerprint density at radius 3 is 1.23 bits per heavy atom. The number of rotatable bonds is 14. The fourth-order valence-electron chi connectivity index (χ4n) is 12.9. The molecule has 11 rings (SSSR count). The van der Waals surface area contributed by atoms with Crippen LogP contribution in [0.5, 0.6) is 34.5 Å². The molecular weight excluding hydrogens is 1160 g/mol. The van der Waals surface area contributed by atoms with Crippen molar-refractivity contribution in [1.82, 2.24) is 10.6 Å². The number of Topliss-reactive ketones (excluding diaryl/α,β-unsaturated/α-hetero) is 2. The summed E-state index contributed by atoms with van der Waals surface area (Å²) in [7, 11) is 2.65. The van der Waals surface area contributed by atoms with Crippen LogP contribution in [0.1, 0.15) is 163 Å². The van der Waals surface area contributed by atoms with Crippen LogP contribution in [0, 0.1) is 0 Å². The van der Waals surface area contributed by atoms with E-state index in [4.69, 9.17) is 28.4 Å². The Bertz CT molecular complexity index is 3380. The molecule has 8 unspecified atom stereocenters. The van der Waals surface area contributed by atoms with Crippen molar-refractivity contribution in [2.45, 2.75) is 152 Å². The Balaban J connectivity index is 0.00000442. The van der Waals surface area contributed by atoms with Crippen molar-refractivity contribution in [2.24, 2.45) is 0 Å². The summed E-state index contributed by atoms with van der Waals surface area (Å²) < 4.78 is 35.9. The maximum atomic E-state index is 14.1. The molecule has 0 bridgehead atoms. The first kappa shape index (κ1) is 63.6. The van der Waals surface area contributed by atoms with Gasteiger partial charge in [-0.1, -0.05) is 48.5 Å². The number of carbonyl (C=O) groups excluding carboxylic acids is 6. The number of methoxy groups -OCH3 is 2. The van der Waals surface area contributed by atoms with Crippen LogP contribution in [0.3, 0.4) is 0 Å². The number of aromatic hydroxyl groups is 4. The molecule has 24 heteroatoms. The molecule has 10 N–H and O–H groups in total. The average Bonchev–Trinajstić information content (AvgIpc) is 0.789. The Labute approximate surface area is 505 Å². The van der Waals surface area contributed by atoms with Crippen LogP contribution in [-0.4, -0.2) is 150 Å². The number of ether oxygens (including phenoxy) is 6. The maximum absolute atomic E-state index is 14.1. The largest absolute Gasteiger partial charge is 0.507 e. The number of aliphatic hydroxyl groups is 4. The van der Waals surface area contributed by atoms with E-state index >= 15 is 0 Å². The molecule has 12 atom stereocenters. The van der Waals surface area contributed by atoms with Gasteiger partial charge in [-0.2, -0.15) is 0 Å². The highest BCUT2D eigenvalue weighted by atomic mass is 35.5. The number of phenols is 4. The van der Waals surface area contributed by atoms with E-state index in [-0.39, 0.29) is 107 Å². The molecule has 0 radical (unpaired) electrons. The summed E-state index contributed by atoms with van der Waals surface area (Å²) in [6.07, 6.45) is -10.5. The van der Waals surface area contributed by atoms with Crippen LogP contribution in [-0.2, 0) is 54.5 Å². The smallest absolute Gasteiger partial charge is 0.202 e. The van der Waals surface area contributed by atoms with E-state index in [1.54, 1.807) is 13.8 Å². The van der Waals surface area contributed by atoms with E-state index in [1.165, 1.54) is 50.6 Å². The van der Waals surface area contributed by atoms with Crippen molar-refractivity contribution in [2.75, 3.05) is 14.2 Å². The minimum Gasteiger partial charge on any atom is -0.507 e. The first-order valence-electron chi connectivity index (χ1n) is 27.6. The van der Waals surface area contributed by atoms with Gasteiger partial charge in [-0.05, 0) is 51.0 Å². The Morgan fingerprint density at radius 2 is 0.895 bits per heavy atom. The highest BCUT2D eigenvalue weighted by Gasteiger charge is 2.52. The van der Waals surface area contributed by atoms with Gasteiger partial charge in [0.25, 0.3) is 0 Å². The van der Waals surface area contributed by atoms with Crippen molar-refractivity contribution in [3.05, 3.63) is 139 Å². The number of nitrogens with one attached hydrogen (secondary N) is 2. The zero-order chi connectivity index (χ0) is 60.2. The fraction of sp³-hybridized carbons (Fsp3) is 0.419. The molecule has 6 aliphatic rings. The Hall–Kier alpha value is -6.90. The van der Waals surface area contributed by atoms with Gasteiger partial charge >= 0.3 is 0 Å². The van der Waals surface area contributed by atoms with E-state index < -0.39 is 178 Å². The monoisotopic (exact) mass is 1230 g/mol. The average molecular weight is 1230 g/mol. The third-order valence-corrected chi connectivity index (χ3v) is 17.7. The van der Waals surface area contributed by atoms with E-state index in [9.17, 15) is 69.6 Å². The molecule has 5 aromatic rings. The lowest BCUT2D eigenvalue weighted by Gasteiger charge is -2.43. The van der Waals surface area contributed by atoms with Gasteiger partial charge in [-0.3, -0.25) is 28.8 Å². The fourth-order valence-corrected chi connectivity index (χ4v) is 12.9. The summed E-state index contributed by atoms with van der Waals surface area (Å²) in [6.45, 7) is 6.11. The minimum absolute atomic E-state index is 0. The first-order valence-corrected chi connectivity index (χ1v) is 27.6. The quantitative estimate of drug-likeness (QED) is 0.0649. The van der Waals surface area contributed by atoms with E-state index in [0.717, 1.165) is 25.0 Å². The standard InChI is InChI=1S/C62H64N2O20.2ClH/c1-25-51(67)35(17-41(81-25)83-39-21-61(77,27(3)65)19-33-45(39)59(75)49-47(55(33)71)53(69)31-9-7-11-37(79-5)43(31)57(49)73)63-23-29-13-15-30(16-14-29)24-64-36-18-42(82-26(2)52(36)68)84-40-22-62(78,28(4)66)20-34-46(40)60(76)50-48(56(34)72)54(70)32-10-8-12-38(80-6)44(32)58(50)74;;/h7-16,25-26,35-36,39-42,51-52,63-64,67-68,71-72,75-78H,17-24H2,1-6H3;2*1H/t25?,26?,35?,36?,39-,40-,41?,42?,51?,52?,61-,62-;;/m0../s1. The zero-order valence-corrected chi connectivity index (χ0v) is 49.1. The second kappa shape index (κ2) is 24.0. The molecule has 22 nitrogen and oxygen atoms in total. The molecule has 2 saturated heterocycles. The van der Waals surface area contributed by atoms with Gasteiger partial charge < -0.3 is 79.9 Å². The lowest BCUT2D eigenvalue weighted by Crippen LogP contribution is -2.54. The predicted octanol–water partition coefficient (Wildman–Crippen LogP) is 4.88. The summed E-state index contributed by atoms with van der Waals surface area (Å²) >= 11 is 0. The van der Waals surface area contributed by atoms with E-state index in [1.807, 2.05) is 24.3 Å². The van der Waals surface area contributed by atoms with Gasteiger partial charge in [0.1, 0.15) is 45.7 Å². The second-order valence-corrected chi connectivity index (χ2v) is 22.7. The zero-order valence-electron chi connectivity index (χ0n) is 47.5. The predicted molar refractivity (Wildman–Crippen MR) is 307 cm³/mol. The highest BCUT2D eigenvalue weighted by molar-refractivity contribution is 6.32. The topological polar surface area (TPSA) is 344 Å². The van der Waals surface area contributed by atoms with Crippen LogP contribution >= 0.6 is 24.8 Å². The molecule has 458 valence electrons. The van der Waals surface area contributed by atoms with Crippen LogP contribution in [0.4, 0.5) is 0 Å². The van der Waals surface area contributed by atoms with Crippen molar-refractivity contribution >= 4 is 59.5 Å². The third kappa shape index (κ3) is 10.6. The number of halogens is 2. The van der Waals surface area contributed by atoms with Gasteiger partial charge in [0, 0.05) is 97.1 Å². The van der Waals surface area contributed by atoms with Crippen molar-refractivity contribution in [1.29, 1.82) is 0 Å². The number of hydrogen-bond acceptors (Lipinski definition) is 22. The van der Waals surface area contributed by atoms with Crippen LogP contribution in [0.2, 0.25) is 0 Å². The molecule has 2 aliphatic heterocycles. The third-order valence-electron chi connectivity index (χ3n) is 17.7. The molecule has 0 saturated carbocycles. The Kier molecular flexibility index (Phi) is 17.7. The summed E-state index contributed by atoms with van der Waals surface area (Å²) in [5.41, 5.74) is -5.35. The SMILES string of the molecule is COc1cccc2c1C(=O)c1c(O)c3c(c(O)c1C2=O)C[C@@](O)(C(C)=O)C[C@@H]3OC1CC(NCc2ccc(CNC3CC(O[C@H]4C[C@](O)(C(C)=O)Cc5c(O)c6c(c(O)c54)C(=O)c4c(OC)cccc4C6=O)OC(C)C3O)cc2)C(O)C(C)O1.Cl.Cl. The molecule has 86 heavy (non-hydrogen) atoms. The van der Waals surface area contributed by atoms with Crippen LogP contribution < -0.4 is 20.1 Å². The van der Waals surface area contributed by atoms with Crippen LogP contribution in [0.15, 0.2) is 60.7 Å². The lowest BCUT2D eigenvalue weighted by molar-refractivity contribution is -0.250. The number of carbonyl (C=O) groups is 6. The number of phenolic OH excluding ortho intramolecular Hbond substituents is 4. The van der Waals surface area contributed by atoms with Crippen molar-refractivity contribution in [3.8, 4) is 34.5 Å². The van der Waals surface area contributed by atoms with Gasteiger partial charge in [0.05, 0.1) is 84.2 Å². The number of fused-ring (bicyclic) bond motifs is 6. The van der Waals surface area contributed by atoms with Gasteiger partial charge in [0.15, 0.2) is 35.7 Å². The second-order valence-electron chi connectivity index (χ2n) is 22.7. The number of ketones is 6. The molecular formula is C62H66Cl2N2O20. The van der Waals surface area contributed by atoms with E-state index in [2.05, 4.69) is 10.6 Å². The normalized spacial score (nSPS) is 28.1. The molecule has 0 aromatic heterocycles. The lowest BCUT2D eigenvalue weighted by atomic mass is 9.72. The van der Waals surface area contributed by atoms with Gasteiger partial charge in [-0.15, -0.1) is 24.8 Å². The molecule has 2 heterocycles. The van der Waals surface area contributed by atoms with E-state index in [0.29, 0.717) is 0 Å². The molecule has 5 aromatic carbocycles. The highest BCUT2D eigenvalue weighted by Crippen LogP contribution is 2.55. The summed E-state index contributed by atoms with van der Waals surface area (Å²) in [5.74, 6) is -7.00. The molecule has 2 fully saturated rings. The van der Waals surface area contributed by atoms with Crippen LogP contribution in [0.25, 0.3) is 0 Å². The van der Waals surface area contributed by atoms with Crippen molar-refractivity contribution < 1.29 is 98.0 Å². The minimum atomic E-state index is -2.12. The first-order chi connectivity index (χ1) is 39.9. The summed E-state index contributed by atoms with van der Waals surface area (Å²) in [6, 6.07) is 14.9. The summed E-state index contributed by atoms with van der Waals surface area (Å²) in [5, 5.41) is 100. The van der Waals surface area contributed by atoms with Gasteiger partial charge in [-0.25, -0.2) is 0 Å². The molecule has 0 amide bonds. The number of aliphatic hydroxyl groups excluding tert-OH is 2. The number of benzene rings is 5. The Morgan fingerprint density at radius 1 is 0.547 bits per heavy atom. The molecule has 4 aliphatic carbocycles. The van der Waals surface area contributed by atoms with Gasteiger partial charge in [0.2, 0.25) is 11.6 Å². The molecule has 0 spiro atoms. The maximum Gasteiger partial charge on any atom is 0.202 e. The number of hydrogen-bond donors (Lipinski definition) is 10. The van der Waals surface area contributed by atoms with Crippen molar-refractivity contribution in [3.63, 3.8) is 0 Å². The summed E-state index contributed by atoms with van der Waals surface area (Å²) in [4.78, 5) is 82.2.